The van der Waals surface area contributed by atoms with Crippen LogP contribution in [-0.2, 0) is 6.42 Å². The van der Waals surface area contributed by atoms with Crippen LogP contribution in [0.3, 0.4) is 0 Å². The first kappa shape index (κ1) is 17.0. The number of amides is 1. The molecule has 2 aromatic rings. The van der Waals surface area contributed by atoms with Crippen molar-refractivity contribution in [2.45, 2.75) is 45.6 Å². The first-order valence-electron chi connectivity index (χ1n) is 8.88. The zero-order chi connectivity index (χ0) is 18.6. The molecule has 8 nitrogen and oxygen atoms in total. The summed E-state index contributed by atoms with van der Waals surface area (Å²) < 4.78 is 2.32. The van der Waals surface area contributed by atoms with Crippen LogP contribution in [0.2, 0.25) is 0 Å². The van der Waals surface area contributed by atoms with E-state index in [9.17, 15) is 15.1 Å². The van der Waals surface area contributed by atoms with Crippen molar-refractivity contribution in [3.63, 3.8) is 0 Å². The zero-order valence-corrected chi connectivity index (χ0v) is 15.1. The van der Waals surface area contributed by atoms with Crippen molar-refractivity contribution in [3.8, 4) is 5.82 Å². The van der Waals surface area contributed by atoms with Crippen LogP contribution >= 0.6 is 0 Å². The molecule has 0 radical (unpaired) electrons. The molecule has 0 saturated heterocycles. The number of fused-ring (bicyclic) bond motifs is 3. The first-order chi connectivity index (χ1) is 12.3. The highest BCUT2D eigenvalue weighted by Crippen LogP contribution is 2.57. The fourth-order valence-corrected chi connectivity index (χ4v) is 3.71. The second-order valence-electron chi connectivity index (χ2n) is 8.28. The molecule has 3 atom stereocenters. The van der Waals surface area contributed by atoms with E-state index in [-0.39, 0.29) is 24.0 Å². The highest BCUT2D eigenvalue weighted by molar-refractivity contribution is 5.94. The van der Waals surface area contributed by atoms with Gasteiger partial charge in [-0.25, -0.2) is 9.67 Å². The predicted molar refractivity (Wildman–Crippen MR) is 92.7 cm³/mol. The third-order valence-corrected chi connectivity index (χ3v) is 5.39. The number of hydrogen-bond donors (Lipinski definition) is 2. The van der Waals surface area contributed by atoms with Gasteiger partial charge in [-0.15, -0.1) is 0 Å². The Hall–Kier alpha value is -2.48. The fourth-order valence-electron chi connectivity index (χ4n) is 3.71. The van der Waals surface area contributed by atoms with Crippen LogP contribution in [0, 0.1) is 16.5 Å². The van der Waals surface area contributed by atoms with E-state index in [4.69, 9.17) is 0 Å². The molecule has 1 amide bonds. The molecule has 2 aliphatic rings. The fraction of sp³-hybridized carbons (Fsp3) is 0.556. The van der Waals surface area contributed by atoms with Gasteiger partial charge in [-0.05, 0) is 24.2 Å². The molecule has 0 aliphatic heterocycles. The summed E-state index contributed by atoms with van der Waals surface area (Å²) in [5, 5.41) is 28.6. The predicted octanol–water partition coefficient (Wildman–Crippen LogP) is 0.697. The van der Waals surface area contributed by atoms with Crippen LogP contribution in [-0.4, -0.2) is 38.4 Å². The molecule has 0 aromatic carbocycles. The van der Waals surface area contributed by atoms with Crippen LogP contribution in [0.25, 0.3) is 5.82 Å². The number of hydrogen-bond acceptors (Lipinski definition) is 5. The van der Waals surface area contributed by atoms with Crippen molar-refractivity contribution in [2.75, 3.05) is 6.61 Å². The van der Waals surface area contributed by atoms with Crippen LogP contribution in [0.15, 0.2) is 18.6 Å². The Kier molecular flexibility index (Phi) is 3.76. The highest BCUT2D eigenvalue weighted by atomic mass is 16.5. The maximum atomic E-state index is 12.9. The highest BCUT2D eigenvalue weighted by Gasteiger charge is 2.50. The molecule has 1 saturated carbocycles. The van der Waals surface area contributed by atoms with Gasteiger partial charge in [0.1, 0.15) is 0 Å². The summed E-state index contributed by atoms with van der Waals surface area (Å²) in [5.74, 6) is 1.07. The van der Waals surface area contributed by atoms with E-state index in [1.54, 1.807) is 4.68 Å². The lowest BCUT2D eigenvalue weighted by Gasteiger charge is -2.29. The Balaban J connectivity index is 1.71. The molecule has 2 N–H and O–H groups in total. The van der Waals surface area contributed by atoms with Gasteiger partial charge < -0.3 is 15.6 Å². The summed E-state index contributed by atoms with van der Waals surface area (Å²) >= 11 is 0. The molecule has 1 fully saturated rings. The van der Waals surface area contributed by atoms with Crippen LogP contribution in [0.5, 0.6) is 0 Å². The molecule has 0 spiro atoms. The molecule has 0 unspecified atom stereocenters. The molecule has 4 rings (SSSR count). The topological polar surface area (TPSA) is 107 Å². The minimum Gasteiger partial charge on any atom is -0.619 e. The van der Waals surface area contributed by atoms with E-state index in [1.807, 2.05) is 20.8 Å². The van der Waals surface area contributed by atoms with Gasteiger partial charge in [0.25, 0.3) is 5.91 Å². The number of aliphatic hydroxyl groups excluding tert-OH is 1. The largest absolute Gasteiger partial charge is 0.619 e. The van der Waals surface area contributed by atoms with Crippen molar-refractivity contribution >= 4 is 5.91 Å². The number of nitrogens with one attached hydrogen (secondary N) is 1. The minimum atomic E-state index is -0.370. The lowest BCUT2D eigenvalue weighted by atomic mass is 9.87. The normalized spacial score (nSPS) is 21.8. The van der Waals surface area contributed by atoms with Crippen LogP contribution in [0.1, 0.15) is 54.9 Å². The van der Waals surface area contributed by atoms with Crippen molar-refractivity contribution in [1.82, 2.24) is 20.1 Å². The second kappa shape index (κ2) is 5.77. The third-order valence-electron chi connectivity index (χ3n) is 5.39. The van der Waals surface area contributed by atoms with Crippen molar-refractivity contribution in [1.29, 1.82) is 0 Å². The molecular formula is C18H23N5O3. The number of carbonyl (C=O) groups excluding carboxylic acids is 1. The van der Waals surface area contributed by atoms with Gasteiger partial charge in [0.2, 0.25) is 12.0 Å². The van der Waals surface area contributed by atoms with Crippen LogP contribution in [0.4, 0.5) is 0 Å². The Morgan fingerprint density at radius 3 is 2.96 bits per heavy atom. The van der Waals surface area contributed by atoms with Gasteiger partial charge in [0.15, 0.2) is 11.9 Å². The van der Waals surface area contributed by atoms with E-state index >= 15 is 0 Å². The smallest absolute Gasteiger partial charge is 0.272 e. The number of aromatic nitrogens is 4. The van der Waals surface area contributed by atoms with E-state index in [2.05, 4.69) is 15.4 Å². The summed E-state index contributed by atoms with van der Waals surface area (Å²) in [7, 11) is 0. The van der Waals surface area contributed by atoms with Gasteiger partial charge in [0, 0.05) is 11.5 Å². The minimum absolute atomic E-state index is 0.139. The lowest BCUT2D eigenvalue weighted by Crippen LogP contribution is -2.46. The van der Waals surface area contributed by atoms with E-state index < -0.39 is 0 Å². The van der Waals surface area contributed by atoms with Gasteiger partial charge in [-0.2, -0.15) is 9.83 Å². The van der Waals surface area contributed by atoms with Crippen molar-refractivity contribution < 1.29 is 14.6 Å². The zero-order valence-electron chi connectivity index (χ0n) is 15.1. The Morgan fingerprint density at radius 2 is 2.31 bits per heavy atom. The molecule has 26 heavy (non-hydrogen) atoms. The third kappa shape index (κ3) is 2.74. The monoisotopic (exact) mass is 357 g/mol. The maximum absolute atomic E-state index is 12.9. The standard InChI is InChI=1S/C18H23N5O3/c1-18(2,3)13(9-24)20-17(25)15-12-7-10-6-11(10)16(12)23(21-15)14-8-22(26)5-4-19-14/h4-5,8,10-11,13,24H,6-7,9H2,1-3H3,(H,20,25)/t10-,11-,13-/m1/s1. The molecule has 138 valence electrons. The molecule has 2 heterocycles. The summed E-state index contributed by atoms with van der Waals surface area (Å²) in [5.41, 5.74) is 2.04. The lowest BCUT2D eigenvalue weighted by molar-refractivity contribution is -0.605. The van der Waals surface area contributed by atoms with E-state index in [0.717, 1.165) is 24.1 Å². The molecule has 0 bridgehead atoms. The molecule has 2 aromatic heterocycles. The van der Waals surface area contributed by atoms with Crippen molar-refractivity contribution in [2.24, 2.45) is 11.3 Å². The van der Waals surface area contributed by atoms with Gasteiger partial charge in [-0.3, -0.25) is 4.79 Å². The Labute approximate surface area is 151 Å². The van der Waals surface area contributed by atoms with Crippen molar-refractivity contribution in [3.05, 3.63) is 40.7 Å². The second-order valence-corrected chi connectivity index (χ2v) is 8.28. The van der Waals surface area contributed by atoms with Gasteiger partial charge in [-0.1, -0.05) is 20.8 Å². The number of rotatable bonds is 4. The summed E-state index contributed by atoms with van der Waals surface area (Å²) in [6.45, 7) is 5.76. The Bertz CT molecular complexity index is 870. The number of nitrogens with zero attached hydrogens (tertiary/aromatic N) is 4. The van der Waals surface area contributed by atoms with Gasteiger partial charge in [0.05, 0.1) is 24.5 Å². The average molecular weight is 357 g/mol. The number of aliphatic hydroxyl groups is 1. The van der Waals surface area contributed by atoms with E-state index in [1.165, 1.54) is 18.6 Å². The quantitative estimate of drug-likeness (QED) is 0.619. The van der Waals surface area contributed by atoms with Gasteiger partial charge >= 0.3 is 0 Å². The van der Waals surface area contributed by atoms with Crippen LogP contribution < -0.4 is 10.0 Å². The summed E-state index contributed by atoms with van der Waals surface area (Å²) in [6, 6.07) is -0.370. The molecule has 8 heteroatoms. The first-order valence-corrected chi connectivity index (χ1v) is 8.88. The summed E-state index contributed by atoms with van der Waals surface area (Å²) in [6.07, 6.45) is 6.01. The molecular weight excluding hydrogens is 334 g/mol. The van der Waals surface area contributed by atoms with E-state index in [0.29, 0.717) is 28.1 Å². The maximum Gasteiger partial charge on any atom is 0.272 e. The average Bonchev–Trinajstić information content (AvgIpc) is 3.07. The number of carbonyl (C=O) groups is 1. The SMILES string of the molecule is CC(C)(C)[C@@H](CO)NC(=O)c1nn(-c2c[n+]([O-])ccn2)c2c1C[C@H]1C[C@@H]21. The molecule has 2 aliphatic carbocycles. The Morgan fingerprint density at radius 1 is 1.54 bits per heavy atom. The summed E-state index contributed by atoms with van der Waals surface area (Å²) in [4.78, 5) is 17.1.